The lowest BCUT2D eigenvalue weighted by Crippen LogP contribution is -2.31. The van der Waals surface area contributed by atoms with Gasteiger partial charge >= 0.3 is 17.9 Å². The van der Waals surface area contributed by atoms with Crippen molar-refractivity contribution in [1.82, 2.24) is 4.90 Å². The van der Waals surface area contributed by atoms with E-state index in [1.165, 1.54) is 30.5 Å². The molecule has 254 valence electrons. The number of halogens is 1. The maximum absolute atomic E-state index is 10.8. The number of carboxylic acid groups (broad SMARTS) is 3. The number of likely N-dealkylation sites (tertiary alicyclic amines) is 1. The Kier molecular flexibility index (Phi) is 16.4. The van der Waals surface area contributed by atoms with Crippen LogP contribution in [0, 0.1) is 5.92 Å². The topological polar surface area (TPSA) is 124 Å². The van der Waals surface area contributed by atoms with Gasteiger partial charge in [-0.2, -0.15) is 0 Å². The molecule has 0 saturated carbocycles. The molecule has 47 heavy (non-hydrogen) atoms. The highest BCUT2D eigenvalue weighted by Gasteiger charge is 2.31. The van der Waals surface area contributed by atoms with Gasteiger partial charge in [-0.15, -0.1) is 0 Å². The van der Waals surface area contributed by atoms with Crippen molar-refractivity contribution in [3.8, 4) is 0 Å². The molecule has 1 saturated heterocycles. The number of hydrogen-bond acceptors (Lipinski definition) is 5. The summed E-state index contributed by atoms with van der Waals surface area (Å²) in [5.41, 5.74) is 3.99. The molecule has 0 bridgehead atoms. The van der Waals surface area contributed by atoms with E-state index in [4.69, 9.17) is 31.7 Å². The maximum atomic E-state index is 10.8. The number of carbonyl (C=O) groups is 3. The van der Waals surface area contributed by atoms with Gasteiger partial charge in [-0.1, -0.05) is 92.2 Å². The Morgan fingerprint density at radius 2 is 1.45 bits per heavy atom. The highest BCUT2D eigenvalue weighted by molar-refractivity contribution is 6.30. The van der Waals surface area contributed by atoms with Crippen LogP contribution < -0.4 is 0 Å². The van der Waals surface area contributed by atoms with Gasteiger partial charge in [0.2, 0.25) is 0 Å². The first-order valence-corrected chi connectivity index (χ1v) is 16.2. The first-order chi connectivity index (χ1) is 22.2. The quantitative estimate of drug-likeness (QED) is 0.167. The van der Waals surface area contributed by atoms with Crippen molar-refractivity contribution >= 4 is 29.5 Å². The number of carboxylic acids is 3. The molecule has 1 fully saturated rings. The molecule has 9 heteroatoms. The molecule has 1 aliphatic rings. The van der Waals surface area contributed by atoms with Crippen LogP contribution in [0.5, 0.6) is 0 Å². The average molecular weight is 666 g/mol. The van der Waals surface area contributed by atoms with Crippen LogP contribution in [0.3, 0.4) is 0 Å². The van der Waals surface area contributed by atoms with E-state index in [2.05, 4.69) is 69.1 Å². The predicted molar refractivity (Wildman–Crippen MR) is 186 cm³/mol. The van der Waals surface area contributed by atoms with E-state index in [1.807, 2.05) is 42.5 Å². The third-order valence-corrected chi connectivity index (χ3v) is 8.35. The third kappa shape index (κ3) is 13.7. The number of ether oxygens (including phenoxy) is 1. The molecular weight excluding hydrogens is 618 g/mol. The summed E-state index contributed by atoms with van der Waals surface area (Å²) in [6.07, 6.45) is 5.82. The van der Waals surface area contributed by atoms with Gasteiger partial charge in [0.25, 0.3) is 0 Å². The molecule has 1 unspecified atom stereocenters. The summed E-state index contributed by atoms with van der Waals surface area (Å²) in [5.74, 6) is -3.07. The summed E-state index contributed by atoms with van der Waals surface area (Å²) in [7, 11) is 2.22. The summed E-state index contributed by atoms with van der Waals surface area (Å²) < 4.78 is 6.48. The van der Waals surface area contributed by atoms with Crippen LogP contribution in [-0.4, -0.2) is 64.4 Å². The summed E-state index contributed by atoms with van der Waals surface area (Å²) in [5, 5.41) is 25.2. The minimum absolute atomic E-state index is 0.418. The molecule has 1 aliphatic heterocycles. The van der Waals surface area contributed by atoms with Gasteiger partial charge in [0.1, 0.15) is 5.60 Å². The van der Waals surface area contributed by atoms with Gasteiger partial charge in [0, 0.05) is 29.8 Å². The molecular formula is C38H48ClNO7. The minimum Gasteiger partial charge on any atom is -0.481 e. The summed E-state index contributed by atoms with van der Waals surface area (Å²) >= 11 is 6.07. The van der Waals surface area contributed by atoms with E-state index >= 15 is 0 Å². The van der Waals surface area contributed by atoms with Crippen LogP contribution in [-0.2, 0) is 31.1 Å². The molecule has 0 aromatic heterocycles. The van der Waals surface area contributed by atoms with Crippen molar-refractivity contribution in [3.63, 3.8) is 0 Å². The summed E-state index contributed by atoms with van der Waals surface area (Å²) in [6, 6.07) is 27.0. The zero-order chi connectivity index (χ0) is 35.0. The van der Waals surface area contributed by atoms with Crippen LogP contribution >= 0.6 is 11.6 Å². The maximum Gasteiger partial charge on any atom is 0.328 e. The van der Waals surface area contributed by atoms with Crippen molar-refractivity contribution in [3.05, 3.63) is 118 Å². The summed E-state index contributed by atoms with van der Waals surface area (Å²) in [4.78, 5) is 32.3. The van der Waals surface area contributed by atoms with Gasteiger partial charge in [0.15, 0.2) is 0 Å². The number of aliphatic carboxylic acids is 3. The monoisotopic (exact) mass is 665 g/mol. The Morgan fingerprint density at radius 3 is 1.91 bits per heavy atom. The fourth-order valence-corrected chi connectivity index (χ4v) is 5.43. The van der Waals surface area contributed by atoms with Crippen LogP contribution in [0.2, 0.25) is 5.02 Å². The molecule has 0 amide bonds. The van der Waals surface area contributed by atoms with E-state index in [0.717, 1.165) is 35.6 Å². The van der Waals surface area contributed by atoms with Crippen LogP contribution in [0.4, 0.5) is 0 Å². The number of hydrogen-bond donors (Lipinski definition) is 3. The summed E-state index contributed by atoms with van der Waals surface area (Å²) in [6.45, 7) is 10.2. The lowest BCUT2D eigenvalue weighted by atomic mass is 9.88. The fraction of sp³-hybridized carbons (Fsp3) is 0.395. The lowest BCUT2D eigenvalue weighted by Gasteiger charge is -2.32. The second-order valence-corrected chi connectivity index (χ2v) is 12.7. The van der Waals surface area contributed by atoms with Crippen molar-refractivity contribution in [2.24, 2.45) is 5.92 Å². The van der Waals surface area contributed by atoms with E-state index in [9.17, 15) is 14.4 Å². The standard InChI is InChI=1S/C21H26ClNO.C13H18O2.C4H4O4/c1-21(17-7-4-3-5-8-17,18-10-12-19(22)13-11-18)24-16-14-20-9-6-15-23(20)2;1-9(2)8-11-4-6-12(7-5-11)10(3)13(14)15;5-3(6)1-2-4(7)8/h3-5,7-8,10-13,20H,6,9,14-16H2,1-2H3;4-7,9-10H,8H2,1-3H3,(H,14,15);1-2H,(H,5,6)(H,7,8)/b;;2-1+/t20-,21-;;/m1../s1. The van der Waals surface area contributed by atoms with Crippen LogP contribution in [0.1, 0.15) is 75.1 Å². The van der Waals surface area contributed by atoms with Gasteiger partial charge in [-0.25, -0.2) is 9.59 Å². The third-order valence-electron chi connectivity index (χ3n) is 8.10. The van der Waals surface area contributed by atoms with Crippen molar-refractivity contribution in [1.29, 1.82) is 0 Å². The molecule has 0 spiro atoms. The molecule has 3 aromatic carbocycles. The SMILES string of the molecule is CC(C)Cc1ccc(C(C)C(=O)O)cc1.CN1CCC[C@@H]1CCO[C@](C)(c1ccccc1)c1ccc(Cl)cc1.O=C(O)/C=C/C(=O)O. The normalized spacial score (nSPS) is 16.4. The molecule has 8 nitrogen and oxygen atoms in total. The Bertz CT molecular complexity index is 1410. The Labute approximate surface area is 283 Å². The number of benzene rings is 3. The fourth-order valence-electron chi connectivity index (χ4n) is 5.30. The Hall–Kier alpha value is -3.98. The lowest BCUT2D eigenvalue weighted by molar-refractivity contribution is -0.138. The van der Waals surface area contributed by atoms with E-state index in [1.54, 1.807) is 6.92 Å². The van der Waals surface area contributed by atoms with Crippen molar-refractivity contribution in [2.75, 3.05) is 20.2 Å². The molecule has 1 heterocycles. The minimum atomic E-state index is -1.26. The molecule has 0 aliphatic carbocycles. The Morgan fingerprint density at radius 1 is 0.894 bits per heavy atom. The first-order valence-electron chi connectivity index (χ1n) is 15.8. The zero-order valence-electron chi connectivity index (χ0n) is 27.9. The highest BCUT2D eigenvalue weighted by atomic mass is 35.5. The molecule has 4 rings (SSSR count). The molecule has 3 atom stereocenters. The van der Waals surface area contributed by atoms with Gasteiger partial charge in [-0.3, -0.25) is 4.79 Å². The average Bonchev–Trinajstić information content (AvgIpc) is 3.45. The predicted octanol–water partition coefficient (Wildman–Crippen LogP) is 7.89. The largest absolute Gasteiger partial charge is 0.481 e. The second kappa shape index (κ2) is 19.6. The van der Waals surface area contributed by atoms with Gasteiger partial charge in [-0.05, 0) is 93.4 Å². The second-order valence-electron chi connectivity index (χ2n) is 12.2. The zero-order valence-corrected chi connectivity index (χ0v) is 28.7. The van der Waals surface area contributed by atoms with Crippen molar-refractivity contribution in [2.45, 2.75) is 70.9 Å². The smallest absolute Gasteiger partial charge is 0.328 e. The van der Waals surface area contributed by atoms with E-state index in [0.29, 0.717) is 24.1 Å². The number of nitrogens with zero attached hydrogens (tertiary/aromatic N) is 1. The van der Waals surface area contributed by atoms with Gasteiger partial charge < -0.3 is 25.0 Å². The van der Waals surface area contributed by atoms with Crippen molar-refractivity contribution < 1.29 is 34.4 Å². The molecule has 3 N–H and O–H groups in total. The Balaban J connectivity index is 0.000000285. The first kappa shape index (κ1) is 39.2. The van der Waals surface area contributed by atoms with Gasteiger partial charge in [0.05, 0.1) is 5.92 Å². The molecule has 3 aromatic rings. The highest BCUT2D eigenvalue weighted by Crippen LogP contribution is 2.34. The number of rotatable bonds is 12. The molecule has 0 radical (unpaired) electrons. The van der Waals surface area contributed by atoms with Crippen LogP contribution in [0.25, 0.3) is 0 Å². The van der Waals surface area contributed by atoms with Crippen LogP contribution in [0.15, 0.2) is 91.0 Å². The van der Waals surface area contributed by atoms with E-state index in [-0.39, 0.29) is 0 Å². The van der Waals surface area contributed by atoms with E-state index < -0.39 is 29.4 Å².